The Labute approximate surface area is 168 Å². The number of likely N-dealkylation sites (N-methyl/N-ethyl adjacent to an activating group) is 1. The first kappa shape index (κ1) is 19.3. The standard InChI is InChI=1S/C20H17FN4O2.C2H6/c1-23-6-8-24(9-7-23)17-11-16-13(10-14(17)21)18(26)19-22-15-5-3-2-4-12(15)20(27)25(16)19;1-2/h2-5,10-11H,6-9H2,1H3;1-2H3. The van der Waals surface area contributed by atoms with Gasteiger partial charge < -0.3 is 9.80 Å². The van der Waals surface area contributed by atoms with Crippen LogP contribution in [0.3, 0.4) is 0 Å². The van der Waals surface area contributed by atoms with Crippen LogP contribution in [0.1, 0.15) is 30.0 Å². The van der Waals surface area contributed by atoms with Crippen molar-refractivity contribution in [3.63, 3.8) is 0 Å². The lowest BCUT2D eigenvalue weighted by Gasteiger charge is -2.34. The van der Waals surface area contributed by atoms with Crippen LogP contribution < -0.4 is 10.5 Å². The quantitative estimate of drug-likeness (QED) is 0.497. The van der Waals surface area contributed by atoms with Gasteiger partial charge in [-0.3, -0.25) is 14.2 Å². The zero-order valence-corrected chi connectivity index (χ0v) is 16.8. The number of hydrogen-bond acceptors (Lipinski definition) is 5. The maximum absolute atomic E-state index is 14.8. The molecule has 2 aliphatic rings. The number of benzene rings is 2. The third-order valence-electron chi connectivity index (χ3n) is 5.37. The van der Waals surface area contributed by atoms with E-state index in [2.05, 4.69) is 9.88 Å². The molecule has 3 aromatic rings. The number of anilines is 1. The summed E-state index contributed by atoms with van der Waals surface area (Å²) in [6.45, 7) is 7.05. The fourth-order valence-electron chi connectivity index (χ4n) is 3.84. The maximum Gasteiger partial charge on any atom is 0.266 e. The minimum Gasteiger partial charge on any atom is -0.367 e. The van der Waals surface area contributed by atoms with Gasteiger partial charge in [-0.1, -0.05) is 26.0 Å². The van der Waals surface area contributed by atoms with Crippen molar-refractivity contribution in [3.05, 3.63) is 64.0 Å². The molecule has 1 fully saturated rings. The molecule has 0 saturated carbocycles. The number of carbonyl (C=O) groups is 1. The highest BCUT2D eigenvalue weighted by Gasteiger charge is 2.32. The second kappa shape index (κ2) is 7.40. The van der Waals surface area contributed by atoms with Gasteiger partial charge in [0.15, 0.2) is 5.82 Å². The van der Waals surface area contributed by atoms with E-state index in [0.717, 1.165) is 13.1 Å². The Balaban J connectivity index is 0.000000994. The summed E-state index contributed by atoms with van der Waals surface area (Å²) in [6.07, 6.45) is 0. The van der Waals surface area contributed by atoms with Crippen molar-refractivity contribution in [1.82, 2.24) is 14.5 Å². The molecular formula is C22H23FN4O2. The van der Waals surface area contributed by atoms with Crippen molar-refractivity contribution < 1.29 is 9.18 Å². The largest absolute Gasteiger partial charge is 0.367 e. The molecule has 1 aromatic heterocycles. The lowest BCUT2D eigenvalue weighted by Crippen LogP contribution is -2.44. The van der Waals surface area contributed by atoms with E-state index >= 15 is 0 Å². The van der Waals surface area contributed by atoms with Crippen molar-refractivity contribution in [3.8, 4) is 5.69 Å². The van der Waals surface area contributed by atoms with Gasteiger partial charge in [-0.25, -0.2) is 9.37 Å². The van der Waals surface area contributed by atoms with E-state index in [1.807, 2.05) is 25.8 Å². The van der Waals surface area contributed by atoms with E-state index in [1.54, 1.807) is 30.3 Å². The van der Waals surface area contributed by atoms with Crippen LogP contribution in [-0.2, 0) is 0 Å². The van der Waals surface area contributed by atoms with Crippen LogP contribution in [0.2, 0.25) is 0 Å². The lowest BCUT2D eigenvalue weighted by molar-refractivity contribution is 0.103. The van der Waals surface area contributed by atoms with Crippen molar-refractivity contribution in [2.24, 2.45) is 0 Å². The van der Waals surface area contributed by atoms with Gasteiger partial charge in [0.2, 0.25) is 5.78 Å². The third-order valence-corrected chi connectivity index (χ3v) is 5.37. The number of fused-ring (bicyclic) bond motifs is 4. The van der Waals surface area contributed by atoms with Crippen LogP contribution in [0, 0.1) is 5.82 Å². The number of carbonyl (C=O) groups excluding carboxylic acids is 1. The first-order valence-corrected chi connectivity index (χ1v) is 9.88. The summed E-state index contributed by atoms with van der Waals surface area (Å²) in [7, 11) is 2.03. The zero-order chi connectivity index (χ0) is 20.7. The minimum atomic E-state index is -0.447. The molecule has 3 heterocycles. The Kier molecular flexibility index (Phi) is 4.92. The second-order valence-corrected chi connectivity index (χ2v) is 7.03. The highest BCUT2D eigenvalue weighted by molar-refractivity contribution is 6.13. The van der Waals surface area contributed by atoms with Crippen LogP contribution in [0.5, 0.6) is 0 Å². The molecule has 0 unspecified atom stereocenters. The Morgan fingerprint density at radius 2 is 1.66 bits per heavy atom. The van der Waals surface area contributed by atoms with Gasteiger partial charge in [-0.05, 0) is 31.3 Å². The molecule has 1 saturated heterocycles. The number of hydrogen-bond donors (Lipinski definition) is 0. The number of para-hydroxylation sites is 1. The molecule has 2 aliphatic heterocycles. The van der Waals surface area contributed by atoms with Crippen LogP contribution in [0.25, 0.3) is 16.6 Å². The molecule has 0 radical (unpaired) electrons. The van der Waals surface area contributed by atoms with E-state index in [0.29, 0.717) is 35.4 Å². The normalized spacial score (nSPS) is 15.7. The Hall–Kier alpha value is -3.06. The van der Waals surface area contributed by atoms with Crippen molar-refractivity contribution >= 4 is 22.4 Å². The summed E-state index contributed by atoms with van der Waals surface area (Å²) < 4.78 is 16.1. The maximum atomic E-state index is 14.8. The summed E-state index contributed by atoms with van der Waals surface area (Å²) in [4.78, 5) is 34.3. The van der Waals surface area contributed by atoms with Gasteiger partial charge in [0, 0.05) is 26.2 Å². The van der Waals surface area contributed by atoms with Gasteiger partial charge in [0.1, 0.15) is 5.82 Å². The van der Waals surface area contributed by atoms with E-state index in [4.69, 9.17) is 0 Å². The molecule has 0 aliphatic carbocycles. The van der Waals surface area contributed by atoms with Gasteiger partial charge >= 0.3 is 0 Å². The number of rotatable bonds is 1. The average molecular weight is 394 g/mol. The van der Waals surface area contributed by atoms with Crippen molar-refractivity contribution in [2.75, 3.05) is 38.1 Å². The molecule has 0 bridgehead atoms. The molecule has 0 amide bonds. The molecule has 0 N–H and O–H groups in total. The number of nitrogens with zero attached hydrogens (tertiary/aromatic N) is 4. The van der Waals surface area contributed by atoms with E-state index in [9.17, 15) is 14.0 Å². The first-order valence-electron chi connectivity index (χ1n) is 9.88. The monoisotopic (exact) mass is 394 g/mol. The molecule has 0 atom stereocenters. The number of piperazine rings is 1. The van der Waals surface area contributed by atoms with Gasteiger partial charge in [-0.2, -0.15) is 0 Å². The highest BCUT2D eigenvalue weighted by atomic mass is 19.1. The van der Waals surface area contributed by atoms with Crippen LogP contribution in [0.15, 0.2) is 41.2 Å². The zero-order valence-electron chi connectivity index (χ0n) is 16.8. The highest BCUT2D eigenvalue weighted by Crippen LogP contribution is 2.32. The van der Waals surface area contributed by atoms with Gasteiger partial charge in [0.25, 0.3) is 5.56 Å². The Bertz CT molecular complexity index is 1160. The molecule has 150 valence electrons. The predicted molar refractivity (Wildman–Crippen MR) is 112 cm³/mol. The fraction of sp³-hybridized carbons (Fsp3) is 0.318. The smallest absolute Gasteiger partial charge is 0.266 e. The van der Waals surface area contributed by atoms with Crippen LogP contribution >= 0.6 is 0 Å². The Morgan fingerprint density at radius 3 is 2.38 bits per heavy atom. The molecular weight excluding hydrogens is 371 g/mol. The summed E-state index contributed by atoms with van der Waals surface area (Å²) >= 11 is 0. The van der Waals surface area contributed by atoms with Crippen LogP contribution in [-0.4, -0.2) is 53.5 Å². The van der Waals surface area contributed by atoms with Crippen LogP contribution in [0.4, 0.5) is 10.1 Å². The minimum absolute atomic E-state index is 0.0450. The molecule has 7 heteroatoms. The Morgan fingerprint density at radius 1 is 0.966 bits per heavy atom. The lowest BCUT2D eigenvalue weighted by atomic mass is 10.1. The SMILES string of the molecule is CC.CN1CCN(c2cc3c(cc2F)C(=O)c2nc4ccccc4c(=O)n2-3)CC1. The summed E-state index contributed by atoms with van der Waals surface area (Å²) in [5.74, 6) is -0.822. The second-order valence-electron chi connectivity index (χ2n) is 7.03. The topological polar surface area (TPSA) is 58.4 Å². The van der Waals surface area contributed by atoms with E-state index in [-0.39, 0.29) is 16.9 Å². The molecule has 0 spiro atoms. The van der Waals surface area contributed by atoms with Gasteiger partial charge in [0.05, 0.1) is 27.8 Å². The van der Waals surface area contributed by atoms with Crippen molar-refractivity contribution in [1.29, 1.82) is 0 Å². The van der Waals surface area contributed by atoms with E-state index in [1.165, 1.54) is 10.6 Å². The summed E-state index contributed by atoms with van der Waals surface area (Å²) in [5, 5.41) is 0.437. The summed E-state index contributed by atoms with van der Waals surface area (Å²) in [5.41, 5.74) is 1.18. The summed E-state index contributed by atoms with van der Waals surface area (Å²) in [6, 6.07) is 9.77. The average Bonchev–Trinajstić information content (AvgIpc) is 3.01. The molecule has 29 heavy (non-hydrogen) atoms. The van der Waals surface area contributed by atoms with Gasteiger partial charge in [-0.15, -0.1) is 0 Å². The number of halogens is 1. The third kappa shape index (κ3) is 3.02. The predicted octanol–water partition coefficient (Wildman–Crippen LogP) is 2.85. The van der Waals surface area contributed by atoms with E-state index < -0.39 is 11.6 Å². The van der Waals surface area contributed by atoms with Crippen molar-refractivity contribution in [2.45, 2.75) is 13.8 Å². The first-order chi connectivity index (χ1) is 14.0. The number of ketones is 1. The fourth-order valence-corrected chi connectivity index (χ4v) is 3.84. The molecule has 6 nitrogen and oxygen atoms in total. The molecule has 2 aromatic carbocycles. The number of aromatic nitrogens is 2. The molecule has 5 rings (SSSR count).